The fourth-order valence-electron chi connectivity index (χ4n) is 9.07. The number of hydrogen-bond acceptors (Lipinski definition) is 15. The zero-order valence-corrected chi connectivity index (χ0v) is 41.9. The molecule has 15 nitrogen and oxygen atoms in total. The monoisotopic (exact) mass is 970 g/mol. The second-order valence-corrected chi connectivity index (χ2v) is 22.3. The van der Waals surface area contributed by atoms with Crippen molar-refractivity contribution in [1.82, 2.24) is 0 Å². The van der Waals surface area contributed by atoms with Gasteiger partial charge in [-0.25, -0.2) is 0 Å². The fourth-order valence-corrected chi connectivity index (χ4v) is 13.6. The second-order valence-electron chi connectivity index (χ2n) is 18.0. The molecule has 10 atom stereocenters. The Morgan fingerprint density at radius 3 is 1.70 bits per heavy atom. The molecule has 2 aliphatic rings. The average molecular weight is 971 g/mol. The standard InChI is InChI=1S/C53H66O15Si/c1-11-53(34-62-35(2)54)49(65-37(4)56)46(58-9)48(64-36(3)55)51(68-53)67-44-43(33-63-69(52(5,6)7,41-23-17-13-18-24-41)42-25-19-14-20-26-42)66-50(59-10)47(45(44)60-31-38-21-15-12-16-22-38)61-32-39-27-29-40(57-8)30-28-39/h11-30,43-51H,1,31-34H2,2-10H3/t43?,44-,45-,46+,47?,48?,49+,50+,51+,53?/m0/s1. The van der Waals surface area contributed by atoms with Crippen LogP contribution in [0.1, 0.15) is 52.7 Å². The quantitative estimate of drug-likeness (QED) is 0.0400. The van der Waals surface area contributed by atoms with Gasteiger partial charge in [-0.1, -0.05) is 137 Å². The Morgan fingerprint density at radius 1 is 0.652 bits per heavy atom. The Morgan fingerprint density at radius 2 is 1.20 bits per heavy atom. The fraction of sp³-hybridized carbons (Fsp3) is 0.453. The minimum absolute atomic E-state index is 0.0665. The zero-order chi connectivity index (χ0) is 49.8. The maximum Gasteiger partial charge on any atom is 0.303 e. The van der Waals surface area contributed by atoms with Crippen LogP contribution in [0.25, 0.3) is 0 Å². The first-order chi connectivity index (χ1) is 33.1. The summed E-state index contributed by atoms with van der Waals surface area (Å²) in [5.74, 6) is -1.39. The van der Waals surface area contributed by atoms with E-state index in [1.807, 2.05) is 91.0 Å². The van der Waals surface area contributed by atoms with Crippen LogP contribution in [-0.2, 0) is 79.4 Å². The number of hydrogen-bond donors (Lipinski definition) is 0. The van der Waals surface area contributed by atoms with Gasteiger partial charge < -0.3 is 56.5 Å². The minimum atomic E-state index is -3.24. The van der Waals surface area contributed by atoms with Crippen LogP contribution in [0.3, 0.4) is 0 Å². The van der Waals surface area contributed by atoms with Gasteiger partial charge in [-0.15, -0.1) is 0 Å². The summed E-state index contributed by atoms with van der Waals surface area (Å²) in [5, 5.41) is 1.63. The molecule has 0 radical (unpaired) electrons. The first-order valence-electron chi connectivity index (χ1n) is 22.9. The van der Waals surface area contributed by atoms with Gasteiger partial charge in [-0.3, -0.25) is 14.4 Å². The number of esters is 3. The molecule has 2 saturated heterocycles. The minimum Gasteiger partial charge on any atom is -0.497 e. The van der Waals surface area contributed by atoms with Gasteiger partial charge in [0.2, 0.25) is 0 Å². The molecule has 0 saturated carbocycles. The molecular weight excluding hydrogens is 905 g/mol. The van der Waals surface area contributed by atoms with Gasteiger partial charge in [0, 0.05) is 35.0 Å². The summed E-state index contributed by atoms with van der Waals surface area (Å²) in [4.78, 5) is 38.2. The van der Waals surface area contributed by atoms with E-state index in [1.165, 1.54) is 41.1 Å². The molecule has 0 aromatic heterocycles. The number of ether oxygens (including phenoxy) is 11. The molecule has 0 amide bonds. The van der Waals surface area contributed by atoms with Gasteiger partial charge in [0.25, 0.3) is 8.32 Å². The van der Waals surface area contributed by atoms with Gasteiger partial charge in [0.05, 0.1) is 26.9 Å². The van der Waals surface area contributed by atoms with E-state index in [1.54, 1.807) is 7.11 Å². The highest BCUT2D eigenvalue weighted by atomic mass is 28.4. The predicted molar refractivity (Wildman–Crippen MR) is 257 cm³/mol. The van der Waals surface area contributed by atoms with Crippen LogP contribution in [0.15, 0.2) is 128 Å². The van der Waals surface area contributed by atoms with E-state index in [-0.39, 0.29) is 19.8 Å². The molecule has 4 unspecified atom stereocenters. The van der Waals surface area contributed by atoms with Crippen molar-refractivity contribution >= 4 is 36.6 Å². The summed E-state index contributed by atoms with van der Waals surface area (Å²) in [6, 6.07) is 37.4. The molecule has 2 aliphatic heterocycles. The molecule has 2 heterocycles. The Hall–Kier alpha value is -5.27. The van der Waals surface area contributed by atoms with Crippen molar-refractivity contribution in [1.29, 1.82) is 0 Å². The highest BCUT2D eigenvalue weighted by Crippen LogP contribution is 2.42. The summed E-state index contributed by atoms with van der Waals surface area (Å²) >= 11 is 0. The molecule has 372 valence electrons. The number of carbonyl (C=O) groups excluding carboxylic acids is 3. The maximum absolute atomic E-state index is 13.0. The van der Waals surface area contributed by atoms with Crippen LogP contribution in [0.2, 0.25) is 5.04 Å². The SMILES string of the molecule is C=CC1(COC(C)=O)O[C@@H](O[C@H]2C(CO[Si](c3ccccc3)(c3ccccc3)C(C)(C)C)O[C@@H](OC)C(OCc3ccc(OC)cc3)[C@H]2OCc2ccccc2)C(OC(C)=O)[C@@H](OC)[C@H]1OC(C)=O. The Labute approximate surface area is 406 Å². The maximum atomic E-state index is 13.0. The first-order valence-corrected chi connectivity index (χ1v) is 24.8. The molecule has 0 spiro atoms. The van der Waals surface area contributed by atoms with Crippen molar-refractivity contribution in [3.05, 3.63) is 139 Å². The summed E-state index contributed by atoms with van der Waals surface area (Å²) in [5.41, 5.74) is -0.114. The second kappa shape index (κ2) is 24.0. The van der Waals surface area contributed by atoms with Gasteiger partial charge in [0.15, 0.2) is 30.4 Å². The summed E-state index contributed by atoms with van der Waals surface area (Å²) in [7, 11) is 1.24. The zero-order valence-electron chi connectivity index (χ0n) is 40.9. The van der Waals surface area contributed by atoms with Gasteiger partial charge in [0.1, 0.15) is 42.9 Å². The molecule has 69 heavy (non-hydrogen) atoms. The molecular formula is C53H66O15Si. The van der Waals surface area contributed by atoms with E-state index in [9.17, 15) is 14.4 Å². The molecule has 4 aromatic rings. The van der Waals surface area contributed by atoms with Crippen molar-refractivity contribution in [3.63, 3.8) is 0 Å². The lowest BCUT2D eigenvalue weighted by molar-refractivity contribution is -0.376. The third kappa shape index (κ3) is 12.6. The number of methoxy groups -OCH3 is 3. The summed E-state index contributed by atoms with van der Waals surface area (Å²) in [6.45, 7) is 13.8. The molecule has 0 aliphatic carbocycles. The normalized spacial score (nSPS) is 26.1. The van der Waals surface area contributed by atoms with E-state index >= 15 is 0 Å². The summed E-state index contributed by atoms with van der Waals surface area (Å²) in [6.07, 6.45) is -9.38. The van der Waals surface area contributed by atoms with Gasteiger partial charge in [-0.05, 0) is 38.7 Å². The van der Waals surface area contributed by atoms with E-state index < -0.39 is 98.8 Å². The average Bonchev–Trinajstić information content (AvgIpc) is 3.34. The number of benzene rings is 4. The van der Waals surface area contributed by atoms with Crippen LogP contribution in [-0.4, -0.2) is 122 Å². The first kappa shape index (κ1) is 53.1. The molecule has 16 heteroatoms. The Balaban J connectivity index is 1.52. The molecule has 0 bridgehead atoms. The van der Waals surface area contributed by atoms with E-state index in [2.05, 4.69) is 51.6 Å². The Kier molecular flexibility index (Phi) is 18.5. The predicted octanol–water partition coefficient (Wildman–Crippen LogP) is 6.22. The molecule has 4 aromatic carbocycles. The van der Waals surface area contributed by atoms with Crippen LogP contribution in [0.5, 0.6) is 5.75 Å². The largest absolute Gasteiger partial charge is 0.497 e. The van der Waals surface area contributed by atoms with Crippen molar-refractivity contribution in [3.8, 4) is 5.75 Å². The lowest BCUT2D eigenvalue weighted by Crippen LogP contribution is -2.71. The molecule has 6 rings (SSSR count). The van der Waals surface area contributed by atoms with Crippen molar-refractivity contribution in [2.24, 2.45) is 0 Å². The third-order valence-corrected chi connectivity index (χ3v) is 17.3. The lowest BCUT2D eigenvalue weighted by atomic mass is 9.86. The van der Waals surface area contributed by atoms with Gasteiger partial charge in [-0.2, -0.15) is 0 Å². The molecule has 0 N–H and O–H groups in total. The number of carbonyl (C=O) groups is 3. The lowest BCUT2D eigenvalue weighted by Gasteiger charge is -2.52. The number of rotatable bonds is 21. The van der Waals surface area contributed by atoms with Crippen LogP contribution < -0.4 is 15.1 Å². The summed E-state index contributed by atoms with van der Waals surface area (Å²) < 4.78 is 77.1. The third-order valence-electron chi connectivity index (χ3n) is 12.3. The topological polar surface area (TPSA) is 162 Å². The van der Waals surface area contributed by atoms with Crippen molar-refractivity contribution in [2.75, 3.05) is 34.5 Å². The van der Waals surface area contributed by atoms with Gasteiger partial charge >= 0.3 is 17.9 Å². The highest BCUT2D eigenvalue weighted by molar-refractivity contribution is 6.99. The van der Waals surface area contributed by atoms with Crippen LogP contribution >= 0.6 is 0 Å². The van der Waals surface area contributed by atoms with Crippen LogP contribution in [0, 0.1) is 0 Å². The van der Waals surface area contributed by atoms with Crippen molar-refractivity contribution < 1.29 is 70.9 Å². The smallest absolute Gasteiger partial charge is 0.303 e. The van der Waals surface area contributed by atoms with Crippen molar-refractivity contribution in [2.45, 2.75) is 121 Å². The van der Waals surface area contributed by atoms with E-state index in [4.69, 9.17) is 56.5 Å². The Bertz CT molecular complexity index is 2220. The van der Waals surface area contributed by atoms with Crippen LogP contribution in [0.4, 0.5) is 0 Å². The molecule has 2 fully saturated rings. The van der Waals surface area contributed by atoms with E-state index in [0.29, 0.717) is 5.75 Å². The van der Waals surface area contributed by atoms with E-state index in [0.717, 1.165) is 21.5 Å². The highest BCUT2D eigenvalue weighted by Gasteiger charge is 2.61.